The van der Waals surface area contributed by atoms with E-state index < -0.39 is 24.7 Å². The van der Waals surface area contributed by atoms with Gasteiger partial charge in [-0.05, 0) is 60.6 Å². The van der Waals surface area contributed by atoms with E-state index in [9.17, 15) is 14.4 Å². The third-order valence-electron chi connectivity index (χ3n) is 7.28. The van der Waals surface area contributed by atoms with Crippen LogP contribution in [0.4, 0.5) is 4.79 Å². The van der Waals surface area contributed by atoms with Crippen molar-refractivity contribution in [2.45, 2.75) is 31.9 Å². The molecule has 8 heteroatoms. The van der Waals surface area contributed by atoms with Crippen LogP contribution in [-0.2, 0) is 20.9 Å². The SMILES string of the molecule is O=C(COC(=O)C1CC2(CC2)CN1C(=O)OCc1ccccc1)c1ccc2c(c1)oc1cc(Br)ccc12. The molecule has 1 aromatic heterocycles. The highest BCUT2D eigenvalue weighted by atomic mass is 79.9. The number of amides is 1. The lowest BCUT2D eigenvalue weighted by Crippen LogP contribution is -2.42. The third kappa shape index (κ3) is 4.73. The highest BCUT2D eigenvalue weighted by molar-refractivity contribution is 9.10. The maximum absolute atomic E-state index is 13.0. The number of hydrogen-bond donors (Lipinski definition) is 0. The van der Waals surface area contributed by atoms with Crippen molar-refractivity contribution in [3.05, 3.63) is 82.3 Å². The van der Waals surface area contributed by atoms with Gasteiger partial charge in [-0.15, -0.1) is 0 Å². The van der Waals surface area contributed by atoms with Crippen molar-refractivity contribution in [3.63, 3.8) is 0 Å². The maximum Gasteiger partial charge on any atom is 0.410 e. The molecule has 1 saturated heterocycles. The molecule has 1 unspecified atom stereocenters. The quantitative estimate of drug-likeness (QED) is 0.204. The average Bonchev–Trinajstić information content (AvgIpc) is 3.41. The summed E-state index contributed by atoms with van der Waals surface area (Å²) in [6.07, 6.45) is 1.92. The molecule has 2 heterocycles. The van der Waals surface area contributed by atoms with Crippen LogP contribution >= 0.6 is 15.9 Å². The molecule has 1 spiro atoms. The fourth-order valence-electron chi connectivity index (χ4n) is 5.04. The van der Waals surface area contributed by atoms with Crippen LogP contribution in [0.25, 0.3) is 21.9 Å². The van der Waals surface area contributed by atoms with Crippen LogP contribution in [0.1, 0.15) is 35.2 Å². The minimum Gasteiger partial charge on any atom is -0.456 e. The second-order valence-corrected chi connectivity index (χ2v) is 10.8. The fraction of sp³-hybridized carbons (Fsp3) is 0.276. The largest absolute Gasteiger partial charge is 0.456 e. The molecule has 3 aromatic carbocycles. The Morgan fingerprint density at radius 2 is 1.68 bits per heavy atom. The molecule has 2 aliphatic rings. The number of hydrogen-bond acceptors (Lipinski definition) is 6. The number of benzene rings is 3. The van der Waals surface area contributed by atoms with E-state index in [0.29, 0.717) is 24.1 Å². The summed E-state index contributed by atoms with van der Waals surface area (Å²) in [7, 11) is 0. The van der Waals surface area contributed by atoms with E-state index in [1.165, 1.54) is 4.90 Å². The summed E-state index contributed by atoms with van der Waals surface area (Å²) in [4.78, 5) is 40.2. The van der Waals surface area contributed by atoms with Gasteiger partial charge in [0.15, 0.2) is 12.4 Å². The van der Waals surface area contributed by atoms with Gasteiger partial charge in [-0.3, -0.25) is 9.69 Å². The first-order chi connectivity index (χ1) is 17.9. The van der Waals surface area contributed by atoms with Crippen LogP contribution in [-0.4, -0.2) is 41.9 Å². The molecule has 1 aliphatic carbocycles. The molecule has 1 aliphatic heterocycles. The first-order valence-electron chi connectivity index (χ1n) is 12.2. The van der Waals surface area contributed by atoms with E-state index in [1.54, 1.807) is 12.1 Å². The first kappa shape index (κ1) is 23.7. The second kappa shape index (κ2) is 9.34. The molecular weight excluding hydrogens is 538 g/mol. The van der Waals surface area contributed by atoms with E-state index in [4.69, 9.17) is 13.9 Å². The normalized spacial score (nSPS) is 17.9. The van der Waals surface area contributed by atoms with Crippen molar-refractivity contribution >= 4 is 55.7 Å². The van der Waals surface area contributed by atoms with Gasteiger partial charge in [0.1, 0.15) is 23.8 Å². The molecule has 1 atom stereocenters. The Morgan fingerprint density at radius 3 is 2.43 bits per heavy atom. The topological polar surface area (TPSA) is 86.1 Å². The molecule has 188 valence electrons. The molecule has 4 aromatic rings. The number of nitrogens with zero attached hydrogens (tertiary/aromatic N) is 1. The Hall–Kier alpha value is -3.65. The van der Waals surface area contributed by atoms with E-state index in [-0.39, 0.29) is 17.8 Å². The summed E-state index contributed by atoms with van der Waals surface area (Å²) in [6, 6.07) is 19.6. The Balaban J connectivity index is 1.11. The van der Waals surface area contributed by atoms with E-state index in [2.05, 4.69) is 15.9 Å². The van der Waals surface area contributed by atoms with Crippen molar-refractivity contribution in [2.75, 3.05) is 13.2 Å². The van der Waals surface area contributed by atoms with Crippen molar-refractivity contribution in [1.29, 1.82) is 0 Å². The van der Waals surface area contributed by atoms with E-state index in [1.807, 2.05) is 54.6 Å². The standard InChI is InChI=1S/C29H24BrNO6/c30-20-7-9-22-21-8-6-19(12-25(21)37-26(22)13-20)24(32)16-35-27(33)23-14-29(10-11-29)17-31(23)28(34)36-15-18-4-2-1-3-5-18/h1-9,12-13,23H,10-11,14-17H2. The average molecular weight is 562 g/mol. The van der Waals surface area contributed by atoms with Gasteiger partial charge in [0.05, 0.1) is 0 Å². The van der Waals surface area contributed by atoms with E-state index >= 15 is 0 Å². The smallest absolute Gasteiger partial charge is 0.410 e. The van der Waals surface area contributed by atoms with Crippen molar-refractivity contribution in [1.82, 2.24) is 4.90 Å². The molecule has 7 nitrogen and oxygen atoms in total. The highest BCUT2D eigenvalue weighted by Gasteiger charge is 2.56. The van der Waals surface area contributed by atoms with Crippen molar-refractivity contribution in [3.8, 4) is 0 Å². The van der Waals surface area contributed by atoms with Crippen LogP contribution in [0.15, 0.2) is 75.6 Å². The number of halogens is 1. The monoisotopic (exact) mass is 561 g/mol. The summed E-state index contributed by atoms with van der Waals surface area (Å²) in [5.74, 6) is -0.919. The van der Waals surface area contributed by atoms with Gasteiger partial charge in [-0.25, -0.2) is 9.59 Å². The van der Waals surface area contributed by atoms with Crippen molar-refractivity contribution in [2.24, 2.45) is 5.41 Å². The zero-order chi connectivity index (χ0) is 25.6. The van der Waals surface area contributed by atoms with Crippen LogP contribution in [0.2, 0.25) is 0 Å². The summed E-state index contributed by atoms with van der Waals surface area (Å²) in [6.45, 7) is 0.185. The highest BCUT2D eigenvalue weighted by Crippen LogP contribution is 2.55. The molecule has 0 radical (unpaired) electrons. The van der Waals surface area contributed by atoms with Crippen molar-refractivity contribution < 1.29 is 28.3 Å². The molecule has 37 heavy (non-hydrogen) atoms. The Morgan fingerprint density at radius 1 is 0.946 bits per heavy atom. The number of ketones is 1. The van der Waals surface area contributed by atoms with Crippen LogP contribution < -0.4 is 0 Å². The van der Waals surface area contributed by atoms with Gasteiger partial charge in [-0.1, -0.05) is 52.3 Å². The minimum absolute atomic E-state index is 0.0409. The lowest BCUT2D eigenvalue weighted by molar-refractivity contribution is -0.147. The van der Waals surface area contributed by atoms with Gasteiger partial charge in [0.2, 0.25) is 0 Å². The van der Waals surface area contributed by atoms with Crippen LogP contribution in [0.5, 0.6) is 0 Å². The molecule has 0 N–H and O–H groups in total. The molecule has 6 rings (SSSR count). The third-order valence-corrected chi connectivity index (χ3v) is 7.77. The second-order valence-electron chi connectivity index (χ2n) is 9.87. The number of furan rings is 1. The van der Waals surface area contributed by atoms with Gasteiger partial charge in [0, 0.05) is 27.4 Å². The Bertz CT molecular complexity index is 1520. The summed E-state index contributed by atoms with van der Waals surface area (Å²) in [5.41, 5.74) is 2.53. The maximum atomic E-state index is 13.0. The van der Waals surface area contributed by atoms with E-state index in [0.717, 1.165) is 39.2 Å². The molecule has 2 fully saturated rings. The molecular formula is C29H24BrNO6. The first-order valence-corrected chi connectivity index (χ1v) is 13.0. The molecule has 1 saturated carbocycles. The lowest BCUT2D eigenvalue weighted by atomic mass is 10.0. The van der Waals surface area contributed by atoms with Crippen LogP contribution in [0, 0.1) is 5.41 Å². The number of rotatable bonds is 6. The predicted molar refractivity (Wildman–Crippen MR) is 140 cm³/mol. The Kier molecular flexibility index (Phi) is 5.99. The number of likely N-dealkylation sites (tertiary alicyclic amines) is 1. The molecule has 1 amide bonds. The van der Waals surface area contributed by atoms with Gasteiger partial charge < -0.3 is 13.9 Å². The summed E-state index contributed by atoms with van der Waals surface area (Å²) < 4.78 is 17.7. The number of fused-ring (bicyclic) bond motifs is 3. The lowest BCUT2D eigenvalue weighted by Gasteiger charge is -2.22. The number of carbonyl (C=O) groups is 3. The predicted octanol–water partition coefficient (Wildman–Crippen LogP) is 6.27. The number of carbonyl (C=O) groups excluding carboxylic acids is 3. The zero-order valence-electron chi connectivity index (χ0n) is 19.9. The fourth-order valence-corrected chi connectivity index (χ4v) is 5.38. The van der Waals surface area contributed by atoms with Crippen LogP contribution in [0.3, 0.4) is 0 Å². The van der Waals surface area contributed by atoms with Gasteiger partial charge >= 0.3 is 12.1 Å². The minimum atomic E-state index is -0.755. The van der Waals surface area contributed by atoms with Gasteiger partial charge in [-0.2, -0.15) is 0 Å². The molecule has 0 bridgehead atoms. The summed E-state index contributed by atoms with van der Waals surface area (Å²) in [5, 5.41) is 1.86. The zero-order valence-corrected chi connectivity index (χ0v) is 21.5. The van der Waals surface area contributed by atoms with Gasteiger partial charge in [0.25, 0.3) is 0 Å². The number of esters is 1. The number of Topliss-reactive ketones (excluding diaryl/α,β-unsaturated/α-hetero) is 1. The summed E-state index contributed by atoms with van der Waals surface area (Å²) >= 11 is 3.44. The number of ether oxygens (including phenoxy) is 2. The Labute approximate surface area is 221 Å².